The van der Waals surface area contributed by atoms with Crippen molar-refractivity contribution < 1.29 is 9.53 Å². The molecule has 0 aliphatic heterocycles. The molecule has 0 fully saturated rings. The van der Waals surface area contributed by atoms with E-state index < -0.39 is 11.4 Å². The average Bonchev–Trinajstić information content (AvgIpc) is 3.75. The Morgan fingerprint density at radius 1 is 0.717 bits per heavy atom. The van der Waals surface area contributed by atoms with Crippen LogP contribution in [0.3, 0.4) is 0 Å². The number of aromatic amines is 1. The Balaban J connectivity index is 1.43. The Morgan fingerprint density at radius 3 is 1.92 bits per heavy atom. The van der Waals surface area contributed by atoms with E-state index in [4.69, 9.17) is 4.74 Å². The summed E-state index contributed by atoms with van der Waals surface area (Å²) in [6.07, 6.45) is 2.48. The third kappa shape index (κ3) is 6.96. The van der Waals surface area contributed by atoms with E-state index in [1.54, 1.807) is 17.6 Å². The van der Waals surface area contributed by atoms with Crippen molar-refractivity contribution in [2.45, 2.75) is 45.1 Å². The van der Waals surface area contributed by atoms with E-state index in [0.717, 1.165) is 63.0 Å². The smallest absolute Gasteiger partial charge is 0.338 e. The number of H-pyrrole nitrogens is 1. The van der Waals surface area contributed by atoms with E-state index >= 15 is 0 Å². The Labute approximate surface area is 309 Å². The molecule has 2 heterocycles. The van der Waals surface area contributed by atoms with Gasteiger partial charge in [-0.3, -0.25) is 4.79 Å². The highest BCUT2D eigenvalue weighted by Gasteiger charge is 2.40. The molecule has 0 aliphatic carbocycles. The lowest BCUT2D eigenvalue weighted by Crippen LogP contribution is -2.31. The van der Waals surface area contributed by atoms with E-state index in [2.05, 4.69) is 137 Å². The van der Waals surface area contributed by atoms with Gasteiger partial charge in [0.2, 0.25) is 5.82 Å². The lowest BCUT2D eigenvalue weighted by Gasteiger charge is -2.38. The number of hydrogen-bond acceptors (Lipinski definition) is 6. The fourth-order valence-corrected chi connectivity index (χ4v) is 7.37. The van der Waals surface area contributed by atoms with Crippen molar-refractivity contribution in [2.24, 2.45) is 0 Å². The van der Waals surface area contributed by atoms with Crippen LogP contribution in [-0.4, -0.2) is 37.8 Å². The highest BCUT2D eigenvalue weighted by atomic mass is 16.5. The van der Waals surface area contributed by atoms with Gasteiger partial charge in [0.05, 0.1) is 24.1 Å². The summed E-state index contributed by atoms with van der Waals surface area (Å²) in [5.41, 5.74) is 8.21. The van der Waals surface area contributed by atoms with Gasteiger partial charge in [-0.05, 0) is 76.1 Å². The van der Waals surface area contributed by atoms with Crippen molar-refractivity contribution in [3.05, 3.63) is 195 Å². The van der Waals surface area contributed by atoms with Crippen LogP contribution >= 0.6 is 0 Å². The fraction of sp³-hybridized carbons (Fsp3) is 0.178. The fourth-order valence-electron chi connectivity index (χ4n) is 7.37. The van der Waals surface area contributed by atoms with Crippen molar-refractivity contribution in [3.8, 4) is 22.5 Å². The summed E-state index contributed by atoms with van der Waals surface area (Å²) in [5.74, 6) is -0.0490. The molecule has 2 aromatic heterocycles. The number of aromatic nitrogens is 5. The lowest BCUT2D eigenvalue weighted by molar-refractivity contribution is 0.0525. The normalized spacial score (nSPS) is 11.4. The van der Waals surface area contributed by atoms with Crippen LogP contribution < -0.4 is 5.56 Å². The summed E-state index contributed by atoms with van der Waals surface area (Å²) in [7, 11) is 0. The molecular formula is C45H41N5O3. The molecule has 1 N–H and O–H groups in total. The largest absolute Gasteiger partial charge is 0.462 e. The van der Waals surface area contributed by atoms with Crippen LogP contribution in [0.1, 0.15) is 70.6 Å². The predicted octanol–water partition coefficient (Wildman–Crippen LogP) is 8.65. The Morgan fingerprint density at radius 2 is 1.34 bits per heavy atom. The van der Waals surface area contributed by atoms with Crippen LogP contribution in [0, 0.1) is 0 Å². The van der Waals surface area contributed by atoms with E-state index in [-0.39, 0.29) is 17.7 Å². The van der Waals surface area contributed by atoms with Gasteiger partial charge in [-0.1, -0.05) is 141 Å². The van der Waals surface area contributed by atoms with Crippen LogP contribution in [0.2, 0.25) is 0 Å². The second-order valence-corrected chi connectivity index (χ2v) is 13.0. The topological polar surface area (TPSA) is 103 Å². The predicted molar refractivity (Wildman–Crippen MR) is 208 cm³/mol. The zero-order valence-corrected chi connectivity index (χ0v) is 29.9. The van der Waals surface area contributed by atoms with Gasteiger partial charge in [0, 0.05) is 17.3 Å². The van der Waals surface area contributed by atoms with Gasteiger partial charge < -0.3 is 9.30 Å². The summed E-state index contributed by atoms with van der Waals surface area (Å²) < 4.78 is 6.96. The van der Waals surface area contributed by atoms with Crippen LogP contribution in [-0.2, 0) is 23.1 Å². The minimum absolute atomic E-state index is 0.240. The van der Waals surface area contributed by atoms with Crippen LogP contribution in [0.15, 0.2) is 150 Å². The number of pyridine rings is 1. The molecule has 7 aromatic rings. The summed E-state index contributed by atoms with van der Waals surface area (Å²) in [6, 6.07) is 49.7. The van der Waals surface area contributed by atoms with Gasteiger partial charge in [0.15, 0.2) is 0 Å². The van der Waals surface area contributed by atoms with Crippen molar-refractivity contribution in [3.63, 3.8) is 0 Å². The van der Waals surface area contributed by atoms with E-state index in [1.165, 1.54) is 6.07 Å². The van der Waals surface area contributed by atoms with Crippen LogP contribution in [0.4, 0.5) is 0 Å². The van der Waals surface area contributed by atoms with Crippen LogP contribution in [0.25, 0.3) is 22.5 Å². The Hall–Kier alpha value is -6.41. The summed E-state index contributed by atoms with van der Waals surface area (Å²) in [4.78, 5) is 26.2. The molecule has 0 aliphatic rings. The van der Waals surface area contributed by atoms with E-state index in [9.17, 15) is 9.59 Å². The maximum Gasteiger partial charge on any atom is 0.338 e. The zero-order valence-electron chi connectivity index (χ0n) is 29.9. The zero-order chi connectivity index (χ0) is 36.6. The van der Waals surface area contributed by atoms with Gasteiger partial charge in [0.25, 0.3) is 5.56 Å². The molecule has 0 spiro atoms. The molecule has 0 saturated carbocycles. The number of unbranched alkanes of at least 4 members (excludes halogenated alkanes) is 1. The standard InChI is InChI=1S/C45H41N5O3/c1-3-5-23-37-29-33(44(52)53-4-2)30-42(51)50(37)31-32-26-27-38(40(28-32)43-46-48-49-47-43)39-24-15-16-25-41(39)45(34-17-9-6-10-18-34,35-19-11-7-12-20-35)36-21-13-8-14-22-36/h6-22,24-30H,3-5,23,31H2,1-2H3,(H,46,47,48,49). The molecule has 7 rings (SSSR count). The molecular weight excluding hydrogens is 659 g/mol. The van der Waals surface area contributed by atoms with Crippen molar-refractivity contribution in [1.29, 1.82) is 0 Å². The minimum atomic E-state index is -0.685. The lowest BCUT2D eigenvalue weighted by atomic mass is 9.63. The molecule has 53 heavy (non-hydrogen) atoms. The van der Waals surface area contributed by atoms with Crippen molar-refractivity contribution in [2.75, 3.05) is 6.61 Å². The molecule has 8 nitrogen and oxygen atoms in total. The molecule has 0 saturated heterocycles. The first kappa shape index (κ1) is 35.0. The van der Waals surface area contributed by atoms with Gasteiger partial charge in [0.1, 0.15) is 0 Å². The number of ether oxygens (including phenoxy) is 1. The van der Waals surface area contributed by atoms with E-state index in [0.29, 0.717) is 18.8 Å². The van der Waals surface area contributed by atoms with Crippen molar-refractivity contribution in [1.82, 2.24) is 25.2 Å². The number of esters is 1. The SMILES string of the molecule is CCCCc1cc(C(=O)OCC)cc(=O)n1Cc1ccc(-c2ccccc2C(c2ccccc2)(c2ccccc2)c2ccccc2)c(-c2nn[nH]n2)c1. The molecule has 0 bridgehead atoms. The van der Waals surface area contributed by atoms with Crippen LogP contribution in [0.5, 0.6) is 0 Å². The van der Waals surface area contributed by atoms with Gasteiger partial charge in [-0.15, -0.1) is 10.2 Å². The summed E-state index contributed by atoms with van der Waals surface area (Å²) in [5, 5.41) is 15.5. The summed E-state index contributed by atoms with van der Waals surface area (Å²) >= 11 is 0. The maximum atomic E-state index is 13.6. The van der Waals surface area contributed by atoms with Gasteiger partial charge >= 0.3 is 5.97 Å². The number of nitrogens with zero attached hydrogens (tertiary/aromatic N) is 4. The number of nitrogens with one attached hydrogen (secondary N) is 1. The minimum Gasteiger partial charge on any atom is -0.462 e. The third-order valence-electron chi connectivity index (χ3n) is 9.76. The number of rotatable bonds is 13. The number of tetrazole rings is 1. The highest BCUT2D eigenvalue weighted by molar-refractivity contribution is 5.89. The molecule has 0 unspecified atom stereocenters. The number of carbonyl (C=O) groups excluding carboxylic acids is 1. The molecule has 5 aromatic carbocycles. The van der Waals surface area contributed by atoms with Gasteiger partial charge in [-0.2, -0.15) is 5.21 Å². The second kappa shape index (κ2) is 15.9. The average molecular weight is 700 g/mol. The number of aryl methyl sites for hydroxylation is 1. The second-order valence-electron chi connectivity index (χ2n) is 13.0. The monoisotopic (exact) mass is 699 g/mol. The first-order valence-electron chi connectivity index (χ1n) is 18.1. The third-order valence-corrected chi connectivity index (χ3v) is 9.76. The molecule has 0 radical (unpaired) electrons. The quantitative estimate of drug-likeness (QED) is 0.0955. The first-order valence-corrected chi connectivity index (χ1v) is 18.1. The number of carbonyl (C=O) groups is 1. The first-order chi connectivity index (χ1) is 26.0. The Bertz CT molecular complexity index is 2260. The number of hydrogen-bond donors (Lipinski definition) is 1. The number of benzene rings is 5. The molecule has 0 atom stereocenters. The molecule has 264 valence electrons. The van der Waals surface area contributed by atoms with E-state index in [1.807, 2.05) is 24.3 Å². The maximum absolute atomic E-state index is 13.6. The van der Waals surface area contributed by atoms with Gasteiger partial charge in [-0.25, -0.2) is 4.79 Å². The highest BCUT2D eigenvalue weighted by Crippen LogP contribution is 2.49. The Kier molecular flexibility index (Phi) is 10.5. The molecule has 8 heteroatoms. The van der Waals surface area contributed by atoms with Crippen molar-refractivity contribution >= 4 is 5.97 Å². The summed E-state index contributed by atoms with van der Waals surface area (Å²) in [6.45, 7) is 4.40. The molecule has 0 amide bonds.